The van der Waals surface area contributed by atoms with Gasteiger partial charge in [-0.2, -0.15) is 0 Å². The highest BCUT2D eigenvalue weighted by molar-refractivity contribution is 7.99. The van der Waals surface area contributed by atoms with Crippen molar-refractivity contribution in [1.82, 2.24) is 0 Å². The number of methoxy groups -OCH3 is 1. The van der Waals surface area contributed by atoms with Crippen LogP contribution < -0.4 is 10.1 Å². The van der Waals surface area contributed by atoms with E-state index in [-0.39, 0.29) is 5.91 Å². The third-order valence-corrected chi connectivity index (χ3v) is 4.83. The minimum Gasteiger partial charge on any atom is -0.497 e. The van der Waals surface area contributed by atoms with Crippen molar-refractivity contribution in [2.24, 2.45) is 0 Å². The summed E-state index contributed by atoms with van der Waals surface area (Å²) < 4.78 is 5.10. The van der Waals surface area contributed by atoms with E-state index in [0.717, 1.165) is 0 Å². The van der Waals surface area contributed by atoms with Crippen LogP contribution in [0.2, 0.25) is 0 Å². The van der Waals surface area contributed by atoms with Crippen LogP contribution in [0.4, 0.5) is 5.69 Å². The van der Waals surface area contributed by atoms with Crippen LogP contribution >= 0.6 is 11.8 Å². The molecule has 2 atom stereocenters. The number of para-hydroxylation sites is 1. The summed E-state index contributed by atoms with van der Waals surface area (Å²) in [5.41, 5.74) is 1.20. The lowest BCUT2D eigenvalue weighted by atomic mass is 10.1. The summed E-state index contributed by atoms with van der Waals surface area (Å²) in [6, 6.07) is 13.9. The van der Waals surface area contributed by atoms with Gasteiger partial charge in [0.2, 0.25) is 5.91 Å². The molecule has 0 heterocycles. The topological polar surface area (TPSA) is 95.9 Å². The molecule has 0 saturated carbocycles. The number of carboxylic acids is 1. The number of nitrogens with one attached hydrogen (secondary N) is 1. The molecule has 0 aliphatic carbocycles. The fourth-order valence-corrected chi connectivity index (χ4v) is 3.45. The van der Waals surface area contributed by atoms with Crippen molar-refractivity contribution >= 4 is 29.3 Å². The highest BCUT2D eigenvalue weighted by Gasteiger charge is 2.29. The lowest BCUT2D eigenvalue weighted by molar-refractivity contribution is -0.146. The van der Waals surface area contributed by atoms with Gasteiger partial charge in [0.25, 0.3) is 0 Å². The molecule has 132 valence electrons. The highest BCUT2D eigenvalue weighted by Crippen LogP contribution is 2.41. The Balaban J connectivity index is 2.37. The van der Waals surface area contributed by atoms with Gasteiger partial charge in [0.05, 0.1) is 18.0 Å². The molecule has 2 aromatic carbocycles. The predicted molar refractivity (Wildman–Crippen MR) is 96.0 cm³/mol. The van der Waals surface area contributed by atoms with Gasteiger partial charge >= 0.3 is 5.97 Å². The van der Waals surface area contributed by atoms with Crippen molar-refractivity contribution in [3.05, 3.63) is 54.1 Å². The summed E-state index contributed by atoms with van der Waals surface area (Å²) in [5.74, 6) is -0.908. The van der Waals surface area contributed by atoms with Gasteiger partial charge in [-0.25, -0.2) is 4.79 Å². The minimum absolute atomic E-state index is 0.229. The van der Waals surface area contributed by atoms with Crippen molar-refractivity contribution in [2.75, 3.05) is 12.4 Å². The van der Waals surface area contributed by atoms with Crippen LogP contribution in [0.5, 0.6) is 5.75 Å². The first kappa shape index (κ1) is 18.8. The fourth-order valence-electron chi connectivity index (χ4n) is 2.24. The number of hydrogen-bond donors (Lipinski definition) is 3. The third kappa shape index (κ3) is 4.98. The van der Waals surface area contributed by atoms with Crippen molar-refractivity contribution in [3.8, 4) is 5.75 Å². The monoisotopic (exact) mass is 361 g/mol. The van der Waals surface area contributed by atoms with Crippen molar-refractivity contribution in [2.45, 2.75) is 23.2 Å². The lowest BCUT2D eigenvalue weighted by Crippen LogP contribution is -2.26. The largest absolute Gasteiger partial charge is 0.497 e. The first-order valence-corrected chi connectivity index (χ1v) is 8.38. The highest BCUT2D eigenvalue weighted by atomic mass is 32.2. The Morgan fingerprint density at radius 2 is 1.76 bits per heavy atom. The number of carbonyl (C=O) groups is 2. The first-order valence-electron chi connectivity index (χ1n) is 7.50. The zero-order valence-corrected chi connectivity index (χ0v) is 14.6. The molecule has 0 bridgehead atoms. The maximum atomic E-state index is 11.4. The number of thioether (sulfide) groups is 1. The molecule has 0 fully saturated rings. The minimum atomic E-state index is -1.61. The second kappa shape index (κ2) is 8.55. The van der Waals surface area contributed by atoms with E-state index in [1.165, 1.54) is 25.8 Å². The first-order chi connectivity index (χ1) is 11.9. The molecule has 2 aromatic rings. The fraction of sp³-hybridized carbons (Fsp3) is 0.222. The smallest absolute Gasteiger partial charge is 0.334 e. The van der Waals surface area contributed by atoms with Gasteiger partial charge in [-0.05, 0) is 29.8 Å². The van der Waals surface area contributed by atoms with Crippen molar-refractivity contribution < 1.29 is 24.5 Å². The number of hydrogen-bond acceptors (Lipinski definition) is 5. The third-order valence-electron chi connectivity index (χ3n) is 3.44. The summed E-state index contributed by atoms with van der Waals surface area (Å²) in [6.07, 6.45) is -1.61. The van der Waals surface area contributed by atoms with E-state index in [1.54, 1.807) is 48.5 Å². The summed E-state index contributed by atoms with van der Waals surface area (Å²) >= 11 is 1.17. The number of amides is 1. The van der Waals surface area contributed by atoms with E-state index in [9.17, 15) is 19.8 Å². The van der Waals surface area contributed by atoms with Crippen LogP contribution in [-0.4, -0.2) is 35.3 Å². The average molecular weight is 361 g/mol. The number of aliphatic hydroxyl groups excluding tert-OH is 1. The van der Waals surface area contributed by atoms with Gasteiger partial charge in [0, 0.05) is 11.8 Å². The van der Waals surface area contributed by atoms with Crippen LogP contribution in [0.25, 0.3) is 0 Å². The number of ether oxygens (including phenoxy) is 1. The number of carbonyl (C=O) groups excluding carboxylic acids is 1. The maximum absolute atomic E-state index is 11.4. The molecule has 0 aliphatic heterocycles. The van der Waals surface area contributed by atoms with Crippen molar-refractivity contribution in [1.29, 1.82) is 0 Å². The SMILES string of the molecule is COc1ccc(C(Sc2ccccc2NC(C)=O)C(O)C(=O)O)cc1. The van der Waals surface area contributed by atoms with E-state index < -0.39 is 17.3 Å². The van der Waals surface area contributed by atoms with Crippen LogP contribution in [0.3, 0.4) is 0 Å². The molecular formula is C18H19NO5S. The van der Waals surface area contributed by atoms with E-state index >= 15 is 0 Å². The number of aliphatic hydroxyl groups is 1. The summed E-state index contributed by atoms with van der Waals surface area (Å²) in [6.45, 7) is 1.40. The zero-order valence-electron chi connectivity index (χ0n) is 13.8. The van der Waals surface area contributed by atoms with Gasteiger partial charge in [-0.15, -0.1) is 11.8 Å². The van der Waals surface area contributed by atoms with Gasteiger partial charge in [0.15, 0.2) is 6.10 Å². The van der Waals surface area contributed by atoms with E-state index in [1.807, 2.05) is 0 Å². The lowest BCUT2D eigenvalue weighted by Gasteiger charge is -2.21. The Bertz CT molecular complexity index is 747. The maximum Gasteiger partial charge on any atom is 0.334 e. The molecule has 2 unspecified atom stereocenters. The van der Waals surface area contributed by atoms with Gasteiger partial charge < -0.3 is 20.3 Å². The second-order valence-electron chi connectivity index (χ2n) is 5.27. The Labute approximate surface area is 149 Å². The standard InChI is InChI=1S/C18H19NO5S/c1-11(20)19-14-5-3-4-6-15(14)25-17(16(21)18(22)23)12-7-9-13(24-2)10-8-12/h3-10,16-17,21H,1-2H3,(H,19,20)(H,22,23). The second-order valence-corrected chi connectivity index (χ2v) is 6.46. The molecule has 6 nitrogen and oxygen atoms in total. The molecule has 0 spiro atoms. The molecular weight excluding hydrogens is 342 g/mol. The zero-order chi connectivity index (χ0) is 18.4. The van der Waals surface area contributed by atoms with E-state index in [2.05, 4.69) is 5.32 Å². The van der Waals surface area contributed by atoms with Crippen LogP contribution in [-0.2, 0) is 9.59 Å². The average Bonchev–Trinajstić information content (AvgIpc) is 2.60. The number of carboxylic acid groups (broad SMARTS) is 1. The van der Waals surface area contributed by atoms with E-state index in [4.69, 9.17) is 4.74 Å². The molecule has 25 heavy (non-hydrogen) atoms. The summed E-state index contributed by atoms with van der Waals surface area (Å²) in [7, 11) is 1.54. The molecule has 0 saturated heterocycles. The molecule has 0 aromatic heterocycles. The predicted octanol–water partition coefficient (Wildman–Crippen LogP) is 2.93. The Morgan fingerprint density at radius 1 is 1.12 bits per heavy atom. The molecule has 0 radical (unpaired) electrons. The van der Waals surface area contributed by atoms with Crippen LogP contribution in [0, 0.1) is 0 Å². The quantitative estimate of drug-likeness (QED) is 0.656. The molecule has 0 aliphatic rings. The van der Waals surface area contributed by atoms with Gasteiger partial charge in [-0.3, -0.25) is 4.79 Å². The molecule has 1 amide bonds. The Morgan fingerprint density at radius 3 is 2.32 bits per heavy atom. The molecule has 2 rings (SSSR count). The van der Waals surface area contributed by atoms with Gasteiger partial charge in [-0.1, -0.05) is 24.3 Å². The molecule has 3 N–H and O–H groups in total. The summed E-state index contributed by atoms with van der Waals surface area (Å²) in [5, 5.41) is 21.4. The number of aliphatic carboxylic acids is 1. The Kier molecular flexibility index (Phi) is 6.44. The van der Waals surface area contributed by atoms with Crippen molar-refractivity contribution in [3.63, 3.8) is 0 Å². The Hall–Kier alpha value is -2.51. The van der Waals surface area contributed by atoms with E-state index in [0.29, 0.717) is 21.9 Å². The van der Waals surface area contributed by atoms with Gasteiger partial charge in [0.1, 0.15) is 5.75 Å². The number of rotatable bonds is 7. The van der Waals surface area contributed by atoms with Crippen LogP contribution in [0.1, 0.15) is 17.7 Å². The number of anilines is 1. The normalized spacial score (nSPS) is 12.9. The number of benzene rings is 2. The summed E-state index contributed by atoms with van der Waals surface area (Å²) in [4.78, 5) is 23.4. The molecule has 7 heteroatoms. The van der Waals surface area contributed by atoms with Crippen LogP contribution in [0.15, 0.2) is 53.4 Å².